The molecule has 2 rings (SSSR count). The lowest BCUT2D eigenvalue weighted by Crippen LogP contribution is -2.22. The molecule has 0 bridgehead atoms. The number of hydrogen-bond acceptors (Lipinski definition) is 2. The van der Waals surface area contributed by atoms with Gasteiger partial charge < -0.3 is 5.32 Å². The Morgan fingerprint density at radius 2 is 2.11 bits per heavy atom. The van der Waals surface area contributed by atoms with Crippen LogP contribution in [0.2, 0.25) is 4.34 Å². The number of hydrogen-bond donors (Lipinski definition) is 1. The molecule has 0 aliphatic heterocycles. The lowest BCUT2D eigenvalue weighted by molar-refractivity contribution is 0.605. The second-order valence-electron chi connectivity index (χ2n) is 4.54. The van der Waals surface area contributed by atoms with Crippen molar-refractivity contribution in [1.82, 2.24) is 5.32 Å². The Bertz CT molecular complexity index is 553. The van der Waals surface area contributed by atoms with E-state index in [4.69, 9.17) is 11.6 Å². The Balaban J connectivity index is 2.33. The van der Waals surface area contributed by atoms with Gasteiger partial charge in [-0.1, -0.05) is 46.6 Å². The van der Waals surface area contributed by atoms with E-state index in [9.17, 15) is 0 Å². The van der Waals surface area contributed by atoms with Crippen LogP contribution in [-0.2, 0) is 0 Å². The van der Waals surface area contributed by atoms with E-state index in [1.807, 2.05) is 6.07 Å². The number of aryl methyl sites for hydroxylation is 1. The zero-order valence-electron chi connectivity index (χ0n) is 11.0. The summed E-state index contributed by atoms with van der Waals surface area (Å²) in [6.45, 7) is 5.29. The van der Waals surface area contributed by atoms with E-state index >= 15 is 0 Å². The molecule has 1 atom stereocenters. The van der Waals surface area contributed by atoms with Crippen LogP contribution in [0.4, 0.5) is 0 Å². The summed E-state index contributed by atoms with van der Waals surface area (Å²) in [5.74, 6) is 0. The molecule has 0 spiro atoms. The second-order valence-corrected chi connectivity index (χ2v) is 7.14. The lowest BCUT2D eigenvalue weighted by Gasteiger charge is -2.18. The summed E-state index contributed by atoms with van der Waals surface area (Å²) in [6, 6.07) is 10.8. The summed E-state index contributed by atoms with van der Waals surface area (Å²) >= 11 is 11.3. The van der Waals surface area contributed by atoms with E-state index in [1.54, 1.807) is 11.3 Å². The molecule has 0 aliphatic rings. The molecule has 1 heterocycles. The molecular formula is C15H17BrClNS. The Hall–Kier alpha value is -0.350. The van der Waals surface area contributed by atoms with Gasteiger partial charge in [0.05, 0.1) is 10.4 Å². The Labute approximate surface area is 132 Å². The van der Waals surface area contributed by atoms with Gasteiger partial charge in [-0.15, -0.1) is 11.3 Å². The zero-order valence-corrected chi connectivity index (χ0v) is 14.2. The minimum Gasteiger partial charge on any atom is -0.306 e. The fourth-order valence-corrected chi connectivity index (χ4v) is 3.41. The van der Waals surface area contributed by atoms with Crippen LogP contribution in [0, 0.1) is 6.92 Å². The highest BCUT2D eigenvalue weighted by Crippen LogP contribution is 2.32. The van der Waals surface area contributed by atoms with Gasteiger partial charge in [0.1, 0.15) is 0 Å². The first-order chi connectivity index (χ1) is 9.11. The van der Waals surface area contributed by atoms with Crippen LogP contribution >= 0.6 is 38.9 Å². The molecule has 4 heteroatoms. The molecule has 0 radical (unpaired) electrons. The molecular weight excluding hydrogens is 342 g/mol. The third-order valence-corrected chi connectivity index (χ3v) is 5.18. The number of rotatable bonds is 5. The SMILES string of the molecule is CCCNC(c1ccc(Br)c(C)c1)c1ccc(Cl)s1. The van der Waals surface area contributed by atoms with Gasteiger partial charge in [-0.05, 0) is 49.2 Å². The number of halogens is 2. The number of nitrogens with one attached hydrogen (secondary N) is 1. The third kappa shape index (κ3) is 3.82. The maximum absolute atomic E-state index is 6.07. The monoisotopic (exact) mass is 357 g/mol. The maximum atomic E-state index is 6.07. The van der Waals surface area contributed by atoms with Crippen molar-refractivity contribution in [1.29, 1.82) is 0 Å². The molecule has 102 valence electrons. The van der Waals surface area contributed by atoms with Crippen molar-refractivity contribution in [3.63, 3.8) is 0 Å². The van der Waals surface area contributed by atoms with Crippen LogP contribution in [0.1, 0.15) is 35.4 Å². The molecule has 19 heavy (non-hydrogen) atoms. The van der Waals surface area contributed by atoms with Crippen LogP contribution < -0.4 is 5.32 Å². The molecule has 0 fully saturated rings. The van der Waals surface area contributed by atoms with E-state index in [0.29, 0.717) is 0 Å². The van der Waals surface area contributed by atoms with Crippen molar-refractivity contribution >= 4 is 38.9 Å². The van der Waals surface area contributed by atoms with Crippen LogP contribution in [0.25, 0.3) is 0 Å². The molecule has 1 nitrogen and oxygen atoms in total. The fourth-order valence-electron chi connectivity index (χ4n) is 2.00. The summed E-state index contributed by atoms with van der Waals surface area (Å²) in [7, 11) is 0. The van der Waals surface area contributed by atoms with Gasteiger partial charge in [0, 0.05) is 9.35 Å². The predicted octanol–water partition coefficient (Wildman–Crippen LogP) is 5.56. The summed E-state index contributed by atoms with van der Waals surface area (Å²) in [6.07, 6.45) is 1.12. The summed E-state index contributed by atoms with van der Waals surface area (Å²) in [5, 5.41) is 3.60. The van der Waals surface area contributed by atoms with Crippen molar-refractivity contribution in [3.8, 4) is 0 Å². The highest BCUT2D eigenvalue weighted by molar-refractivity contribution is 9.10. The fraction of sp³-hybridized carbons (Fsp3) is 0.333. The Kier molecular flexibility index (Phi) is 5.46. The smallest absolute Gasteiger partial charge is 0.0931 e. The summed E-state index contributed by atoms with van der Waals surface area (Å²) < 4.78 is 1.99. The number of benzene rings is 1. The van der Waals surface area contributed by atoms with Gasteiger partial charge >= 0.3 is 0 Å². The van der Waals surface area contributed by atoms with Gasteiger partial charge in [0.2, 0.25) is 0 Å². The largest absolute Gasteiger partial charge is 0.306 e. The van der Waals surface area contributed by atoms with Gasteiger partial charge in [-0.2, -0.15) is 0 Å². The summed E-state index contributed by atoms with van der Waals surface area (Å²) in [4.78, 5) is 1.26. The first-order valence-corrected chi connectivity index (χ1v) is 8.35. The molecule has 1 N–H and O–H groups in total. The number of thiophene rings is 1. The van der Waals surface area contributed by atoms with Crippen LogP contribution in [0.3, 0.4) is 0 Å². The highest BCUT2D eigenvalue weighted by atomic mass is 79.9. The average molecular weight is 359 g/mol. The molecule has 1 aromatic heterocycles. The quantitative estimate of drug-likeness (QED) is 0.737. The molecule has 0 saturated carbocycles. The molecule has 1 aromatic carbocycles. The maximum Gasteiger partial charge on any atom is 0.0931 e. The lowest BCUT2D eigenvalue weighted by atomic mass is 10.0. The van der Waals surface area contributed by atoms with Crippen LogP contribution in [0.15, 0.2) is 34.8 Å². The molecule has 1 unspecified atom stereocenters. The van der Waals surface area contributed by atoms with Crippen molar-refractivity contribution in [2.45, 2.75) is 26.3 Å². The first-order valence-electron chi connectivity index (χ1n) is 6.36. The molecule has 0 saturated heterocycles. The van der Waals surface area contributed by atoms with Crippen molar-refractivity contribution in [3.05, 3.63) is 55.1 Å². The van der Waals surface area contributed by atoms with Gasteiger partial charge in [0.25, 0.3) is 0 Å². The van der Waals surface area contributed by atoms with Gasteiger partial charge in [0.15, 0.2) is 0 Å². The predicted molar refractivity (Wildman–Crippen MR) is 88.3 cm³/mol. The zero-order chi connectivity index (χ0) is 13.8. The Morgan fingerprint density at radius 3 is 2.68 bits per heavy atom. The Morgan fingerprint density at radius 1 is 1.32 bits per heavy atom. The second kappa shape index (κ2) is 6.89. The normalized spacial score (nSPS) is 12.6. The topological polar surface area (TPSA) is 12.0 Å². The molecule has 2 aromatic rings. The van der Waals surface area contributed by atoms with E-state index < -0.39 is 0 Å². The van der Waals surface area contributed by atoms with Crippen LogP contribution in [-0.4, -0.2) is 6.54 Å². The van der Waals surface area contributed by atoms with Crippen molar-refractivity contribution < 1.29 is 0 Å². The summed E-state index contributed by atoms with van der Waals surface area (Å²) in [5.41, 5.74) is 2.54. The highest BCUT2D eigenvalue weighted by Gasteiger charge is 2.16. The third-order valence-electron chi connectivity index (χ3n) is 2.99. The van der Waals surface area contributed by atoms with Gasteiger partial charge in [-0.25, -0.2) is 0 Å². The standard InChI is InChI=1S/C15H17BrClNS/c1-3-8-18-15(13-6-7-14(17)19-13)11-4-5-12(16)10(2)9-11/h4-7,9,15,18H,3,8H2,1-2H3. The van der Waals surface area contributed by atoms with Gasteiger partial charge in [-0.3, -0.25) is 0 Å². The van der Waals surface area contributed by atoms with Crippen molar-refractivity contribution in [2.75, 3.05) is 6.54 Å². The molecule has 0 amide bonds. The average Bonchev–Trinajstić information content (AvgIpc) is 2.80. The first kappa shape index (κ1) is 15.0. The van der Waals surface area contributed by atoms with E-state index in [1.165, 1.54) is 16.0 Å². The van der Waals surface area contributed by atoms with E-state index in [2.05, 4.69) is 59.4 Å². The van der Waals surface area contributed by atoms with E-state index in [0.717, 1.165) is 21.8 Å². The van der Waals surface area contributed by atoms with Crippen molar-refractivity contribution in [2.24, 2.45) is 0 Å². The minimum atomic E-state index is 0.226. The molecule has 0 aliphatic carbocycles. The minimum absolute atomic E-state index is 0.226. The van der Waals surface area contributed by atoms with Crippen LogP contribution in [0.5, 0.6) is 0 Å². The van der Waals surface area contributed by atoms with E-state index in [-0.39, 0.29) is 6.04 Å².